The van der Waals surface area contributed by atoms with Crippen LogP contribution in [0, 0.1) is 0 Å². The molecule has 1 aromatic heterocycles. The largest absolute Gasteiger partial charge is 0.369 e. The van der Waals surface area contributed by atoms with Crippen molar-refractivity contribution in [3.05, 3.63) is 72.8 Å². The van der Waals surface area contributed by atoms with E-state index < -0.39 is 10.0 Å². The molecule has 0 spiro atoms. The minimum absolute atomic E-state index is 0.0621. The molecule has 1 fully saturated rings. The zero-order valence-corrected chi connectivity index (χ0v) is 16.1. The standard InChI is InChI=1S/C19H22N6O2S/c1-28(26,27)24-16-6-4-15(5-7-16)21-19-12-18(22-23-19)14-2-8-17(9-3-14)25-11-10-20-13-25/h2-11,13,18-19,21-24H,12H2,1H3. The van der Waals surface area contributed by atoms with Crippen molar-refractivity contribution in [1.29, 1.82) is 0 Å². The fourth-order valence-electron chi connectivity index (χ4n) is 3.21. The van der Waals surface area contributed by atoms with E-state index in [1.165, 1.54) is 5.56 Å². The molecular formula is C19H22N6O2S. The van der Waals surface area contributed by atoms with E-state index in [0.717, 1.165) is 24.1 Å². The summed E-state index contributed by atoms with van der Waals surface area (Å²) in [7, 11) is -3.27. The minimum atomic E-state index is -3.27. The van der Waals surface area contributed by atoms with Crippen LogP contribution in [0.1, 0.15) is 18.0 Å². The van der Waals surface area contributed by atoms with Crippen LogP contribution in [-0.2, 0) is 10.0 Å². The van der Waals surface area contributed by atoms with Crippen molar-refractivity contribution in [2.45, 2.75) is 18.6 Å². The molecule has 0 bridgehead atoms. The lowest BCUT2D eigenvalue weighted by molar-refractivity contribution is 0.564. The molecule has 1 aliphatic rings. The van der Waals surface area contributed by atoms with Gasteiger partial charge in [-0.25, -0.2) is 24.3 Å². The lowest BCUT2D eigenvalue weighted by Crippen LogP contribution is -2.35. The minimum Gasteiger partial charge on any atom is -0.369 e. The van der Waals surface area contributed by atoms with Gasteiger partial charge in [0.1, 0.15) is 0 Å². The third-order valence-corrected chi connectivity index (χ3v) is 5.14. The van der Waals surface area contributed by atoms with Crippen LogP contribution in [0.5, 0.6) is 0 Å². The highest BCUT2D eigenvalue weighted by Gasteiger charge is 2.24. The molecule has 8 nitrogen and oxygen atoms in total. The summed E-state index contributed by atoms with van der Waals surface area (Å²) in [4.78, 5) is 4.07. The number of nitrogens with one attached hydrogen (secondary N) is 4. The second-order valence-electron chi connectivity index (χ2n) is 6.79. The Labute approximate surface area is 164 Å². The first kappa shape index (κ1) is 18.5. The van der Waals surface area contributed by atoms with E-state index in [1.54, 1.807) is 24.7 Å². The molecule has 28 heavy (non-hydrogen) atoms. The van der Waals surface area contributed by atoms with E-state index in [0.29, 0.717) is 5.69 Å². The van der Waals surface area contributed by atoms with Gasteiger partial charge in [0.05, 0.1) is 18.7 Å². The third-order valence-electron chi connectivity index (χ3n) is 4.53. The van der Waals surface area contributed by atoms with Crippen molar-refractivity contribution < 1.29 is 8.42 Å². The molecule has 2 atom stereocenters. The zero-order chi connectivity index (χ0) is 19.6. The maximum Gasteiger partial charge on any atom is 0.229 e. The summed E-state index contributed by atoms with van der Waals surface area (Å²) in [6.07, 6.45) is 7.52. The lowest BCUT2D eigenvalue weighted by atomic mass is 10.0. The number of hydrogen-bond acceptors (Lipinski definition) is 6. The Hall–Kier alpha value is -2.88. The predicted molar refractivity (Wildman–Crippen MR) is 110 cm³/mol. The fraction of sp³-hybridized carbons (Fsp3) is 0.211. The van der Waals surface area contributed by atoms with Gasteiger partial charge < -0.3 is 9.88 Å². The van der Waals surface area contributed by atoms with Crippen molar-refractivity contribution >= 4 is 21.4 Å². The van der Waals surface area contributed by atoms with Crippen LogP contribution in [0.15, 0.2) is 67.3 Å². The lowest BCUT2D eigenvalue weighted by Gasteiger charge is -2.14. The van der Waals surface area contributed by atoms with Gasteiger partial charge in [-0.05, 0) is 42.0 Å². The summed E-state index contributed by atoms with van der Waals surface area (Å²) in [5.74, 6) is 0. The Bertz CT molecular complexity index is 1020. The van der Waals surface area contributed by atoms with Gasteiger partial charge in [-0.15, -0.1) is 0 Å². The van der Waals surface area contributed by atoms with E-state index in [2.05, 4.69) is 50.1 Å². The van der Waals surface area contributed by atoms with Crippen LogP contribution in [0.2, 0.25) is 0 Å². The molecule has 0 aliphatic carbocycles. The van der Waals surface area contributed by atoms with Gasteiger partial charge in [-0.2, -0.15) is 0 Å². The Balaban J connectivity index is 1.35. The smallest absolute Gasteiger partial charge is 0.229 e. The molecule has 2 heterocycles. The number of aromatic nitrogens is 2. The van der Waals surface area contributed by atoms with Crippen molar-refractivity contribution in [1.82, 2.24) is 20.4 Å². The number of benzene rings is 2. The molecule has 3 aromatic rings. The number of hydrazine groups is 1. The van der Waals surface area contributed by atoms with Crippen LogP contribution >= 0.6 is 0 Å². The summed E-state index contributed by atoms with van der Waals surface area (Å²) < 4.78 is 27.0. The van der Waals surface area contributed by atoms with Crippen LogP contribution < -0.4 is 20.9 Å². The highest BCUT2D eigenvalue weighted by atomic mass is 32.2. The summed E-state index contributed by atoms with van der Waals surface area (Å²) >= 11 is 0. The van der Waals surface area contributed by atoms with Gasteiger partial charge in [0.2, 0.25) is 10.0 Å². The number of rotatable bonds is 6. The highest BCUT2D eigenvalue weighted by molar-refractivity contribution is 7.92. The fourth-order valence-corrected chi connectivity index (χ4v) is 3.77. The van der Waals surface area contributed by atoms with E-state index >= 15 is 0 Å². The summed E-state index contributed by atoms with van der Waals surface area (Å²) in [6, 6.07) is 15.7. The molecule has 4 N–H and O–H groups in total. The number of imidazole rings is 1. The molecule has 146 valence electrons. The van der Waals surface area contributed by atoms with Gasteiger partial charge in [-0.1, -0.05) is 12.1 Å². The van der Waals surface area contributed by atoms with Crippen molar-refractivity contribution in [3.63, 3.8) is 0 Å². The average molecular weight is 398 g/mol. The molecule has 0 amide bonds. The first-order chi connectivity index (χ1) is 13.5. The SMILES string of the molecule is CS(=O)(=O)Nc1ccc(NC2CC(c3ccc(-n4ccnc4)cc3)NN2)cc1. The molecule has 0 radical (unpaired) electrons. The summed E-state index contributed by atoms with van der Waals surface area (Å²) in [6.45, 7) is 0. The number of sulfonamides is 1. The molecule has 2 unspecified atom stereocenters. The molecule has 0 saturated carbocycles. The van der Waals surface area contributed by atoms with Gasteiger partial charge in [0, 0.05) is 41.9 Å². The second-order valence-corrected chi connectivity index (χ2v) is 8.54. The molecule has 1 aliphatic heterocycles. The van der Waals surface area contributed by atoms with Crippen LogP contribution in [0.25, 0.3) is 5.69 Å². The first-order valence-electron chi connectivity index (χ1n) is 8.90. The molecule has 4 rings (SSSR count). The van der Waals surface area contributed by atoms with Crippen molar-refractivity contribution in [2.24, 2.45) is 0 Å². The van der Waals surface area contributed by atoms with Gasteiger partial charge >= 0.3 is 0 Å². The predicted octanol–water partition coefficient (Wildman–Crippen LogP) is 2.22. The van der Waals surface area contributed by atoms with Gasteiger partial charge in [-0.3, -0.25) is 4.72 Å². The molecular weight excluding hydrogens is 376 g/mol. The molecule has 9 heteroatoms. The number of hydrogen-bond donors (Lipinski definition) is 4. The van der Waals surface area contributed by atoms with E-state index in [1.807, 2.05) is 22.9 Å². The Morgan fingerprint density at radius 2 is 1.75 bits per heavy atom. The first-order valence-corrected chi connectivity index (χ1v) is 10.8. The summed E-state index contributed by atoms with van der Waals surface area (Å²) in [5.41, 5.74) is 10.3. The highest BCUT2D eigenvalue weighted by Crippen LogP contribution is 2.25. The van der Waals surface area contributed by atoms with Gasteiger partial charge in [0.15, 0.2) is 0 Å². The van der Waals surface area contributed by atoms with Crippen LogP contribution in [-0.4, -0.2) is 30.4 Å². The summed E-state index contributed by atoms with van der Waals surface area (Å²) in [5, 5.41) is 3.40. The number of nitrogens with zero attached hydrogens (tertiary/aromatic N) is 2. The topological polar surface area (TPSA) is 100 Å². The van der Waals surface area contributed by atoms with Crippen LogP contribution in [0.4, 0.5) is 11.4 Å². The van der Waals surface area contributed by atoms with E-state index in [4.69, 9.17) is 0 Å². The Kier molecular flexibility index (Phi) is 5.03. The third kappa shape index (κ3) is 4.50. The van der Waals surface area contributed by atoms with E-state index in [9.17, 15) is 8.42 Å². The monoisotopic (exact) mass is 398 g/mol. The second kappa shape index (κ2) is 7.63. The van der Waals surface area contributed by atoms with Crippen LogP contribution in [0.3, 0.4) is 0 Å². The van der Waals surface area contributed by atoms with Crippen molar-refractivity contribution in [2.75, 3.05) is 16.3 Å². The quantitative estimate of drug-likeness (QED) is 0.508. The maximum absolute atomic E-state index is 11.3. The normalized spacial score (nSPS) is 19.5. The molecule has 2 aromatic carbocycles. The Morgan fingerprint density at radius 3 is 2.39 bits per heavy atom. The Morgan fingerprint density at radius 1 is 1.04 bits per heavy atom. The average Bonchev–Trinajstić information content (AvgIpc) is 3.34. The van der Waals surface area contributed by atoms with E-state index in [-0.39, 0.29) is 12.2 Å². The van der Waals surface area contributed by atoms with Gasteiger partial charge in [0.25, 0.3) is 0 Å². The zero-order valence-electron chi connectivity index (χ0n) is 15.3. The van der Waals surface area contributed by atoms with Crippen molar-refractivity contribution in [3.8, 4) is 5.69 Å². The maximum atomic E-state index is 11.3. The molecule has 1 saturated heterocycles. The number of anilines is 2.